The minimum absolute atomic E-state index is 0.0120. The standard InChI is InChI=1S/C29H33F3N6O2S/c1-2-40-17-20(16-39)15-38-23(13-33)10-21-9-19(3-4-26(21)38)14-37-7-5-22(6-8-37)36-27-25-11-24(12-29(30,31)32)41-28(25)35-18-34-27/h3-4,9-11,18,20,22,39H,2,5-8,12,14-17H2,1H3,(H,34,35,36). The number of ether oxygens (including phenoxy) is 1. The monoisotopic (exact) mass is 586 g/mol. The Labute approximate surface area is 240 Å². The molecule has 4 aromatic rings. The zero-order chi connectivity index (χ0) is 29.0. The quantitative estimate of drug-likeness (QED) is 0.245. The third-order valence-corrected chi connectivity index (χ3v) is 8.47. The van der Waals surface area contributed by atoms with Gasteiger partial charge in [0.15, 0.2) is 0 Å². The second-order valence-electron chi connectivity index (χ2n) is 10.5. The number of benzene rings is 1. The first kappa shape index (κ1) is 29.3. The van der Waals surface area contributed by atoms with Crippen molar-refractivity contribution in [3.8, 4) is 6.07 Å². The number of aliphatic hydroxyl groups excluding tert-OH is 1. The smallest absolute Gasteiger partial charge is 0.393 e. The maximum Gasteiger partial charge on any atom is 0.393 e. The molecule has 1 unspecified atom stereocenters. The maximum absolute atomic E-state index is 12.9. The van der Waals surface area contributed by atoms with E-state index in [1.807, 2.05) is 23.6 Å². The number of halogens is 3. The van der Waals surface area contributed by atoms with E-state index in [0.29, 0.717) is 41.5 Å². The van der Waals surface area contributed by atoms with Crippen LogP contribution in [0, 0.1) is 17.2 Å². The van der Waals surface area contributed by atoms with E-state index in [2.05, 4.69) is 38.4 Å². The summed E-state index contributed by atoms with van der Waals surface area (Å²) in [5.41, 5.74) is 2.69. The normalized spacial score (nSPS) is 15.9. The summed E-state index contributed by atoms with van der Waals surface area (Å²) in [4.78, 5) is 11.7. The van der Waals surface area contributed by atoms with Crippen LogP contribution in [0.3, 0.4) is 0 Å². The van der Waals surface area contributed by atoms with Gasteiger partial charge in [0.1, 0.15) is 28.7 Å². The number of aliphatic hydroxyl groups is 1. The number of hydrogen-bond acceptors (Lipinski definition) is 8. The topological polar surface area (TPSA) is 99.2 Å². The molecule has 5 rings (SSSR count). The molecule has 3 aromatic heterocycles. The molecule has 1 aromatic carbocycles. The molecule has 0 bridgehead atoms. The van der Waals surface area contributed by atoms with Crippen molar-refractivity contribution in [3.05, 3.63) is 52.8 Å². The summed E-state index contributed by atoms with van der Waals surface area (Å²) in [5.74, 6) is 0.499. The van der Waals surface area contributed by atoms with Crippen LogP contribution in [0.25, 0.3) is 21.1 Å². The molecule has 0 radical (unpaired) electrons. The third kappa shape index (κ3) is 7.16. The summed E-state index contributed by atoms with van der Waals surface area (Å²) in [6.45, 7) is 5.95. The highest BCUT2D eigenvalue weighted by atomic mass is 32.1. The molecule has 0 aliphatic carbocycles. The van der Waals surface area contributed by atoms with E-state index in [1.165, 1.54) is 6.33 Å². The van der Waals surface area contributed by atoms with E-state index in [0.717, 1.165) is 60.3 Å². The molecule has 1 fully saturated rings. The number of aromatic nitrogens is 3. The van der Waals surface area contributed by atoms with Gasteiger partial charge in [-0.2, -0.15) is 18.4 Å². The largest absolute Gasteiger partial charge is 0.396 e. The van der Waals surface area contributed by atoms with E-state index >= 15 is 0 Å². The van der Waals surface area contributed by atoms with Crippen molar-refractivity contribution < 1.29 is 23.0 Å². The van der Waals surface area contributed by atoms with Crippen molar-refractivity contribution in [2.75, 3.05) is 38.2 Å². The Hall–Kier alpha value is -3.24. The molecule has 1 saturated heterocycles. The van der Waals surface area contributed by atoms with Crippen LogP contribution in [0.4, 0.5) is 19.0 Å². The number of nitrogens with zero attached hydrogens (tertiary/aromatic N) is 5. The number of hydrogen-bond donors (Lipinski definition) is 2. The first-order valence-electron chi connectivity index (χ1n) is 13.8. The number of alkyl halides is 3. The molecule has 1 aliphatic heterocycles. The number of likely N-dealkylation sites (tertiary alicyclic amines) is 1. The highest BCUT2D eigenvalue weighted by molar-refractivity contribution is 7.18. The fourth-order valence-electron chi connectivity index (χ4n) is 5.41. The predicted octanol–water partition coefficient (Wildman–Crippen LogP) is 5.34. The Balaban J connectivity index is 1.20. The van der Waals surface area contributed by atoms with Gasteiger partial charge in [0.25, 0.3) is 0 Å². The summed E-state index contributed by atoms with van der Waals surface area (Å²) >= 11 is 1.06. The SMILES string of the molecule is CCOCC(CO)Cn1c(C#N)cc2cc(CN3CCC(Nc4ncnc5sc(CC(F)(F)F)cc45)CC3)ccc21. The molecule has 0 amide bonds. The summed E-state index contributed by atoms with van der Waals surface area (Å²) < 4.78 is 46.1. The van der Waals surface area contributed by atoms with Crippen LogP contribution >= 0.6 is 11.3 Å². The predicted molar refractivity (Wildman–Crippen MR) is 153 cm³/mol. The van der Waals surface area contributed by atoms with Gasteiger partial charge in [-0.05, 0) is 49.6 Å². The van der Waals surface area contributed by atoms with Gasteiger partial charge in [-0.1, -0.05) is 6.07 Å². The lowest BCUT2D eigenvalue weighted by atomic mass is 10.0. The van der Waals surface area contributed by atoms with Crippen LogP contribution < -0.4 is 5.32 Å². The number of nitrogens with one attached hydrogen (secondary N) is 1. The number of piperidine rings is 1. The Morgan fingerprint density at radius 1 is 1.22 bits per heavy atom. The van der Waals surface area contributed by atoms with Gasteiger partial charge < -0.3 is 19.7 Å². The fourth-order valence-corrected chi connectivity index (χ4v) is 6.43. The number of anilines is 1. The Kier molecular flexibility index (Phi) is 9.09. The van der Waals surface area contributed by atoms with E-state index in [-0.39, 0.29) is 23.4 Å². The van der Waals surface area contributed by atoms with Crippen molar-refractivity contribution in [1.29, 1.82) is 5.26 Å². The fraction of sp³-hybridized carbons (Fsp3) is 0.483. The minimum atomic E-state index is -4.26. The Morgan fingerprint density at radius 3 is 2.73 bits per heavy atom. The summed E-state index contributed by atoms with van der Waals surface area (Å²) in [7, 11) is 0. The van der Waals surface area contributed by atoms with Crippen molar-refractivity contribution in [2.45, 2.75) is 51.5 Å². The van der Waals surface area contributed by atoms with Crippen molar-refractivity contribution >= 4 is 38.3 Å². The van der Waals surface area contributed by atoms with E-state index in [1.54, 1.807) is 6.07 Å². The number of nitriles is 1. The van der Waals surface area contributed by atoms with Gasteiger partial charge in [0, 0.05) is 67.1 Å². The van der Waals surface area contributed by atoms with Gasteiger partial charge in [0.05, 0.1) is 18.4 Å². The van der Waals surface area contributed by atoms with Gasteiger partial charge in [0.2, 0.25) is 0 Å². The lowest BCUT2D eigenvalue weighted by Gasteiger charge is -2.32. The van der Waals surface area contributed by atoms with Crippen molar-refractivity contribution in [2.24, 2.45) is 5.92 Å². The van der Waals surface area contributed by atoms with Crippen LogP contribution in [0.2, 0.25) is 0 Å². The zero-order valence-corrected chi connectivity index (χ0v) is 23.6. The molecule has 218 valence electrons. The van der Waals surface area contributed by atoms with E-state index in [9.17, 15) is 23.5 Å². The Morgan fingerprint density at radius 2 is 2.02 bits per heavy atom. The van der Waals surface area contributed by atoms with Crippen molar-refractivity contribution in [3.63, 3.8) is 0 Å². The zero-order valence-electron chi connectivity index (χ0n) is 22.8. The van der Waals surface area contributed by atoms with Gasteiger partial charge in [-0.15, -0.1) is 11.3 Å². The van der Waals surface area contributed by atoms with Crippen molar-refractivity contribution in [1.82, 2.24) is 19.4 Å². The lowest BCUT2D eigenvalue weighted by Crippen LogP contribution is -2.38. The molecule has 4 heterocycles. The molecule has 2 N–H and O–H groups in total. The molecule has 1 atom stereocenters. The second-order valence-corrected chi connectivity index (χ2v) is 11.6. The molecule has 12 heteroatoms. The highest BCUT2D eigenvalue weighted by Crippen LogP contribution is 2.33. The van der Waals surface area contributed by atoms with Crippen LogP contribution in [0.5, 0.6) is 0 Å². The van der Waals surface area contributed by atoms with Crippen LogP contribution in [-0.2, 0) is 24.2 Å². The first-order chi connectivity index (χ1) is 19.8. The molecule has 41 heavy (non-hydrogen) atoms. The second kappa shape index (κ2) is 12.7. The minimum Gasteiger partial charge on any atom is -0.396 e. The number of rotatable bonds is 11. The van der Waals surface area contributed by atoms with Gasteiger partial charge >= 0.3 is 6.18 Å². The Bertz CT molecular complexity index is 1520. The van der Waals surface area contributed by atoms with Gasteiger partial charge in [-0.25, -0.2) is 9.97 Å². The van der Waals surface area contributed by atoms with E-state index in [4.69, 9.17) is 4.74 Å². The highest BCUT2D eigenvalue weighted by Gasteiger charge is 2.29. The first-order valence-corrected chi connectivity index (χ1v) is 14.6. The molecule has 0 saturated carbocycles. The van der Waals surface area contributed by atoms with Crippen LogP contribution in [0.1, 0.15) is 35.9 Å². The molecule has 1 aliphatic rings. The average molecular weight is 587 g/mol. The van der Waals surface area contributed by atoms with E-state index < -0.39 is 12.6 Å². The molecule has 0 spiro atoms. The van der Waals surface area contributed by atoms with Crippen LogP contribution in [0.15, 0.2) is 36.7 Å². The third-order valence-electron chi connectivity index (χ3n) is 7.43. The number of thiophene rings is 1. The van der Waals surface area contributed by atoms with Gasteiger partial charge in [-0.3, -0.25) is 4.90 Å². The lowest BCUT2D eigenvalue weighted by molar-refractivity contribution is -0.126. The molecular weight excluding hydrogens is 553 g/mol. The van der Waals surface area contributed by atoms with Crippen LogP contribution in [-0.4, -0.2) is 69.7 Å². The molecular formula is C29H33F3N6O2S. The number of fused-ring (bicyclic) bond motifs is 2. The maximum atomic E-state index is 12.9. The molecule has 8 nitrogen and oxygen atoms in total. The summed E-state index contributed by atoms with van der Waals surface area (Å²) in [6, 6.07) is 12.2. The summed E-state index contributed by atoms with van der Waals surface area (Å²) in [5, 5.41) is 24.6. The average Bonchev–Trinajstić information content (AvgIpc) is 3.51. The summed E-state index contributed by atoms with van der Waals surface area (Å²) in [6.07, 6.45) is -2.06.